The number of esters is 1. The lowest BCUT2D eigenvalue weighted by atomic mass is 10.1. The maximum atomic E-state index is 13.5. The molecular weight excluding hydrogens is 498 g/mol. The van der Waals surface area contributed by atoms with Gasteiger partial charge in [-0.1, -0.05) is 44.2 Å². The number of anilines is 2. The number of benzene rings is 2. The lowest BCUT2D eigenvalue weighted by molar-refractivity contribution is -0.124. The molecule has 1 heterocycles. The molecule has 192 valence electrons. The number of unbranched alkanes of at least 4 members (excludes halogenated alkanes) is 4. The highest BCUT2D eigenvalue weighted by Gasteiger charge is 2.43. The van der Waals surface area contributed by atoms with Crippen molar-refractivity contribution in [3.8, 4) is 0 Å². The van der Waals surface area contributed by atoms with E-state index < -0.39 is 12.0 Å². The quantitative estimate of drug-likeness (QED) is 0.212. The average molecular weight is 530 g/mol. The zero-order chi connectivity index (χ0) is 26.1. The summed E-state index contributed by atoms with van der Waals surface area (Å²) < 4.78 is 5.04. The molecule has 2 amide bonds. The number of amides is 2. The maximum absolute atomic E-state index is 13.5. The van der Waals surface area contributed by atoms with E-state index in [0.29, 0.717) is 33.6 Å². The van der Waals surface area contributed by atoms with E-state index in [1.165, 1.54) is 4.90 Å². The zero-order valence-corrected chi connectivity index (χ0v) is 22.2. The van der Waals surface area contributed by atoms with Crippen LogP contribution in [0.5, 0.6) is 0 Å². The van der Waals surface area contributed by atoms with Gasteiger partial charge in [0.05, 0.1) is 24.3 Å². The third-order valence-corrected chi connectivity index (χ3v) is 6.63. The van der Waals surface area contributed by atoms with Crippen molar-refractivity contribution < 1.29 is 19.1 Å². The Balaban J connectivity index is 1.77. The first-order valence-corrected chi connectivity index (χ1v) is 13.1. The number of carbonyl (C=O) groups excluding carboxylic acids is 3. The standard InChI is InChI=1S/C27H32ClN3O4S/c1-3-5-6-7-8-17-30-23(18-24(32)29-21-13-11-20(28)12-14-21)25(33)31(27(30)36)22-15-9-19(10-16-22)26(34)35-4-2/h9-16,23H,3-8,17-18H2,1-2H3,(H,29,32). The minimum Gasteiger partial charge on any atom is -0.462 e. The Morgan fingerprint density at radius 1 is 1.00 bits per heavy atom. The molecule has 2 aromatic carbocycles. The third-order valence-electron chi connectivity index (χ3n) is 5.96. The zero-order valence-electron chi connectivity index (χ0n) is 20.7. The highest BCUT2D eigenvalue weighted by atomic mass is 35.5. The molecule has 0 aliphatic carbocycles. The van der Waals surface area contributed by atoms with Crippen molar-refractivity contribution in [2.45, 2.75) is 58.4 Å². The molecule has 0 saturated carbocycles. The summed E-state index contributed by atoms with van der Waals surface area (Å²) in [6.45, 7) is 4.77. The second kappa shape index (κ2) is 13.4. The predicted molar refractivity (Wildman–Crippen MR) is 146 cm³/mol. The van der Waals surface area contributed by atoms with Crippen LogP contribution in [0.25, 0.3) is 0 Å². The SMILES string of the molecule is CCCCCCCN1C(=S)N(c2ccc(C(=O)OCC)cc2)C(=O)C1CC(=O)Nc1ccc(Cl)cc1. The molecule has 9 heteroatoms. The number of ether oxygens (including phenoxy) is 1. The topological polar surface area (TPSA) is 79.0 Å². The van der Waals surface area contributed by atoms with Crippen LogP contribution >= 0.6 is 23.8 Å². The predicted octanol–water partition coefficient (Wildman–Crippen LogP) is 5.82. The van der Waals surface area contributed by atoms with Crippen molar-refractivity contribution in [1.82, 2.24) is 4.90 Å². The number of hydrogen-bond acceptors (Lipinski definition) is 5. The van der Waals surface area contributed by atoms with Crippen LogP contribution in [-0.2, 0) is 14.3 Å². The fourth-order valence-corrected chi connectivity index (χ4v) is 4.63. The molecule has 0 aromatic heterocycles. The second-order valence-electron chi connectivity index (χ2n) is 8.61. The minimum atomic E-state index is -0.708. The minimum absolute atomic E-state index is 0.0338. The molecule has 1 unspecified atom stereocenters. The van der Waals surface area contributed by atoms with Crippen LogP contribution in [0.15, 0.2) is 48.5 Å². The number of carbonyl (C=O) groups is 3. The Bertz CT molecular complexity index is 1080. The fourth-order valence-electron chi connectivity index (χ4n) is 4.09. The van der Waals surface area contributed by atoms with E-state index in [1.54, 1.807) is 55.5 Å². The van der Waals surface area contributed by atoms with Gasteiger partial charge < -0.3 is 15.0 Å². The highest BCUT2D eigenvalue weighted by Crippen LogP contribution is 2.28. The molecule has 1 fully saturated rings. The largest absolute Gasteiger partial charge is 0.462 e. The van der Waals surface area contributed by atoms with Gasteiger partial charge in [-0.3, -0.25) is 14.5 Å². The maximum Gasteiger partial charge on any atom is 0.338 e. The molecule has 0 bridgehead atoms. The van der Waals surface area contributed by atoms with Gasteiger partial charge >= 0.3 is 5.97 Å². The second-order valence-corrected chi connectivity index (χ2v) is 9.41. The van der Waals surface area contributed by atoms with Gasteiger partial charge in [-0.2, -0.15) is 0 Å². The molecule has 7 nitrogen and oxygen atoms in total. The van der Waals surface area contributed by atoms with Gasteiger partial charge in [-0.25, -0.2) is 4.79 Å². The van der Waals surface area contributed by atoms with Gasteiger partial charge in [0, 0.05) is 17.3 Å². The van der Waals surface area contributed by atoms with Gasteiger partial charge in [0.1, 0.15) is 6.04 Å². The van der Waals surface area contributed by atoms with Crippen LogP contribution < -0.4 is 10.2 Å². The molecule has 2 aromatic rings. The van der Waals surface area contributed by atoms with E-state index in [0.717, 1.165) is 32.1 Å². The normalized spacial score (nSPS) is 15.4. The molecular formula is C27H32ClN3O4S. The van der Waals surface area contributed by atoms with Crippen molar-refractivity contribution >= 4 is 58.1 Å². The van der Waals surface area contributed by atoms with E-state index >= 15 is 0 Å². The highest BCUT2D eigenvalue weighted by molar-refractivity contribution is 7.80. The first kappa shape index (κ1) is 27.6. The molecule has 1 aliphatic rings. The Morgan fingerprint density at radius 2 is 1.67 bits per heavy atom. The molecule has 0 spiro atoms. The monoisotopic (exact) mass is 529 g/mol. The van der Waals surface area contributed by atoms with Crippen molar-refractivity contribution in [3.05, 3.63) is 59.1 Å². The van der Waals surface area contributed by atoms with Crippen LogP contribution in [0.2, 0.25) is 5.02 Å². The van der Waals surface area contributed by atoms with Crippen molar-refractivity contribution in [2.75, 3.05) is 23.4 Å². The van der Waals surface area contributed by atoms with Crippen molar-refractivity contribution in [1.29, 1.82) is 0 Å². The van der Waals surface area contributed by atoms with Crippen LogP contribution in [0, 0.1) is 0 Å². The Labute approximate surface area is 222 Å². The molecule has 0 radical (unpaired) electrons. The molecule has 1 atom stereocenters. The Kier molecular flexibility index (Phi) is 10.3. The average Bonchev–Trinajstić information content (AvgIpc) is 3.09. The molecule has 1 N–H and O–H groups in total. The Hall–Kier alpha value is -2.97. The van der Waals surface area contributed by atoms with E-state index in [9.17, 15) is 14.4 Å². The van der Waals surface area contributed by atoms with E-state index in [1.807, 2.05) is 4.90 Å². The van der Waals surface area contributed by atoms with Gasteiger partial charge in [0.2, 0.25) is 5.91 Å². The summed E-state index contributed by atoms with van der Waals surface area (Å²) in [4.78, 5) is 41.7. The number of rotatable bonds is 12. The van der Waals surface area contributed by atoms with E-state index in [2.05, 4.69) is 12.2 Å². The van der Waals surface area contributed by atoms with E-state index in [4.69, 9.17) is 28.6 Å². The first-order chi connectivity index (χ1) is 17.3. The lowest BCUT2D eigenvalue weighted by Gasteiger charge is -2.24. The van der Waals surface area contributed by atoms with Crippen LogP contribution in [0.3, 0.4) is 0 Å². The van der Waals surface area contributed by atoms with Crippen LogP contribution in [0.1, 0.15) is 62.7 Å². The van der Waals surface area contributed by atoms with Gasteiger partial charge in [-0.05, 0) is 74.1 Å². The van der Waals surface area contributed by atoms with Crippen molar-refractivity contribution in [2.24, 2.45) is 0 Å². The summed E-state index contributed by atoms with van der Waals surface area (Å²) >= 11 is 11.6. The first-order valence-electron chi connectivity index (χ1n) is 12.3. The molecule has 1 aliphatic heterocycles. The van der Waals surface area contributed by atoms with Crippen molar-refractivity contribution in [3.63, 3.8) is 0 Å². The van der Waals surface area contributed by atoms with E-state index in [-0.39, 0.29) is 24.8 Å². The Morgan fingerprint density at radius 3 is 2.31 bits per heavy atom. The number of nitrogens with zero attached hydrogens (tertiary/aromatic N) is 2. The van der Waals surface area contributed by atoms with Gasteiger partial charge in [-0.15, -0.1) is 0 Å². The number of hydrogen-bond donors (Lipinski definition) is 1. The summed E-state index contributed by atoms with van der Waals surface area (Å²) in [6.07, 6.45) is 5.29. The molecule has 36 heavy (non-hydrogen) atoms. The fraction of sp³-hybridized carbons (Fsp3) is 0.407. The molecule has 1 saturated heterocycles. The van der Waals surface area contributed by atoms with Crippen LogP contribution in [-0.4, -0.2) is 47.0 Å². The van der Waals surface area contributed by atoms with Crippen LogP contribution in [0.4, 0.5) is 11.4 Å². The summed E-state index contributed by atoms with van der Waals surface area (Å²) in [7, 11) is 0. The summed E-state index contributed by atoms with van der Waals surface area (Å²) in [5.41, 5.74) is 1.55. The lowest BCUT2D eigenvalue weighted by Crippen LogP contribution is -2.38. The summed E-state index contributed by atoms with van der Waals surface area (Å²) in [5.74, 6) is -0.970. The van der Waals surface area contributed by atoms with Gasteiger partial charge in [0.15, 0.2) is 5.11 Å². The van der Waals surface area contributed by atoms with Gasteiger partial charge in [0.25, 0.3) is 5.91 Å². The smallest absolute Gasteiger partial charge is 0.338 e. The molecule has 3 rings (SSSR count). The number of halogens is 1. The third kappa shape index (κ3) is 7.04. The summed E-state index contributed by atoms with van der Waals surface area (Å²) in [5, 5.41) is 3.77. The number of nitrogens with one attached hydrogen (secondary N) is 1. The summed E-state index contributed by atoms with van der Waals surface area (Å²) in [6, 6.07) is 12.7. The number of thiocarbonyl (C=S) groups is 1.